The molecule has 106 valence electrons. The quantitative estimate of drug-likeness (QED) is 0.836. The van der Waals surface area contributed by atoms with Crippen LogP contribution in [0.1, 0.15) is 31.0 Å². The molecule has 1 N–H and O–H groups in total. The fraction of sp³-hybridized carbons (Fsp3) is 0.571. The first-order valence-electron chi connectivity index (χ1n) is 6.31. The van der Waals surface area contributed by atoms with Gasteiger partial charge in [-0.15, -0.1) is 0 Å². The van der Waals surface area contributed by atoms with Crippen molar-refractivity contribution < 1.29 is 13.2 Å². The molecule has 2 rings (SSSR count). The van der Waals surface area contributed by atoms with Crippen LogP contribution in [0.2, 0.25) is 0 Å². The molecule has 5 heteroatoms. The van der Waals surface area contributed by atoms with Gasteiger partial charge in [-0.3, -0.25) is 0 Å². The van der Waals surface area contributed by atoms with E-state index in [0.29, 0.717) is 6.54 Å². The van der Waals surface area contributed by atoms with Crippen LogP contribution >= 0.6 is 11.8 Å². The normalized spacial score (nSPS) is 21.4. The molecule has 0 aromatic heterocycles. The number of fused-ring (bicyclic) bond motifs is 1. The van der Waals surface area contributed by atoms with Crippen LogP contribution in [0.25, 0.3) is 0 Å². The summed E-state index contributed by atoms with van der Waals surface area (Å²) in [6.45, 7) is 4.68. The summed E-state index contributed by atoms with van der Waals surface area (Å²) in [5.74, 6) is 0.0538. The van der Waals surface area contributed by atoms with Gasteiger partial charge >= 0.3 is 5.51 Å². The van der Waals surface area contributed by atoms with E-state index in [-0.39, 0.29) is 29.0 Å². The Morgan fingerprint density at radius 2 is 2.00 bits per heavy atom. The minimum absolute atomic E-state index is 0.0359. The highest BCUT2D eigenvalue weighted by Gasteiger charge is 2.38. The van der Waals surface area contributed by atoms with Gasteiger partial charge in [0.25, 0.3) is 0 Å². The molecule has 0 bridgehead atoms. The van der Waals surface area contributed by atoms with Gasteiger partial charge in [0.15, 0.2) is 0 Å². The fourth-order valence-corrected chi connectivity index (χ4v) is 3.20. The molecule has 0 radical (unpaired) electrons. The zero-order valence-corrected chi connectivity index (χ0v) is 11.9. The van der Waals surface area contributed by atoms with Crippen molar-refractivity contribution in [2.75, 3.05) is 12.3 Å². The molecule has 1 aromatic carbocycles. The molecule has 1 atom stereocenters. The van der Waals surface area contributed by atoms with Crippen molar-refractivity contribution in [3.63, 3.8) is 0 Å². The molecule has 1 aliphatic carbocycles. The maximum absolute atomic E-state index is 12.1. The summed E-state index contributed by atoms with van der Waals surface area (Å²) in [5, 5.41) is 3.28. The third kappa shape index (κ3) is 3.66. The first-order chi connectivity index (χ1) is 8.80. The summed E-state index contributed by atoms with van der Waals surface area (Å²) in [4.78, 5) is 0. The van der Waals surface area contributed by atoms with E-state index in [1.807, 2.05) is 12.1 Å². The van der Waals surface area contributed by atoms with E-state index in [1.165, 1.54) is 11.1 Å². The van der Waals surface area contributed by atoms with Gasteiger partial charge in [-0.25, -0.2) is 0 Å². The molecule has 1 unspecified atom stereocenters. The Labute approximate surface area is 116 Å². The van der Waals surface area contributed by atoms with Gasteiger partial charge in [0.05, 0.1) is 0 Å². The summed E-state index contributed by atoms with van der Waals surface area (Å²) in [5.41, 5.74) is -1.56. The Bertz CT molecular complexity index is 443. The highest BCUT2D eigenvalue weighted by Crippen LogP contribution is 2.44. The topological polar surface area (TPSA) is 12.0 Å². The first-order valence-corrected chi connectivity index (χ1v) is 7.30. The number of alkyl halides is 3. The second kappa shape index (κ2) is 5.37. The predicted molar refractivity (Wildman–Crippen MR) is 73.2 cm³/mol. The largest absolute Gasteiger partial charge is 0.441 e. The second-order valence-electron chi connectivity index (χ2n) is 5.55. The Hall–Kier alpha value is -0.680. The molecule has 1 aromatic rings. The Kier molecular flexibility index (Phi) is 4.16. The lowest BCUT2D eigenvalue weighted by Gasteiger charge is -2.28. The van der Waals surface area contributed by atoms with E-state index in [9.17, 15) is 13.2 Å². The number of hydrogen-bond acceptors (Lipinski definition) is 2. The molecule has 1 aliphatic rings. The van der Waals surface area contributed by atoms with Crippen LogP contribution in [0.5, 0.6) is 0 Å². The molecule has 0 saturated carbocycles. The molecule has 0 amide bonds. The van der Waals surface area contributed by atoms with Gasteiger partial charge in [0.1, 0.15) is 0 Å². The lowest BCUT2D eigenvalue weighted by atomic mass is 9.85. The predicted octanol–water partition coefficient (Wildman–Crippen LogP) is 4.15. The molecular weight excluding hydrogens is 271 g/mol. The van der Waals surface area contributed by atoms with E-state index in [0.717, 1.165) is 6.42 Å². The van der Waals surface area contributed by atoms with Crippen LogP contribution in [0.4, 0.5) is 13.2 Å². The van der Waals surface area contributed by atoms with Crippen LogP contribution in [-0.2, 0) is 6.42 Å². The van der Waals surface area contributed by atoms with Crippen molar-refractivity contribution >= 4 is 11.8 Å². The van der Waals surface area contributed by atoms with Gasteiger partial charge in [-0.1, -0.05) is 38.1 Å². The molecule has 0 spiro atoms. The van der Waals surface area contributed by atoms with Crippen molar-refractivity contribution in [1.82, 2.24) is 5.32 Å². The van der Waals surface area contributed by atoms with E-state index < -0.39 is 5.51 Å². The smallest absolute Gasteiger partial charge is 0.309 e. The van der Waals surface area contributed by atoms with E-state index in [2.05, 4.69) is 31.3 Å². The summed E-state index contributed by atoms with van der Waals surface area (Å²) >= 11 is 0.0359. The zero-order chi connectivity index (χ0) is 14.1. The first kappa shape index (κ1) is 14.7. The van der Waals surface area contributed by atoms with Gasteiger partial charge in [-0.2, -0.15) is 13.2 Å². The number of thioether (sulfide) groups is 1. The monoisotopic (exact) mass is 289 g/mol. The SMILES string of the molecule is CC1(C)Cc2ccccc2C1NCCSC(F)(F)F. The van der Waals surface area contributed by atoms with Gasteiger partial charge in [0, 0.05) is 18.3 Å². The van der Waals surface area contributed by atoms with Crippen LogP contribution in [0.3, 0.4) is 0 Å². The van der Waals surface area contributed by atoms with Crippen molar-refractivity contribution in [2.45, 2.75) is 31.8 Å². The van der Waals surface area contributed by atoms with Crippen molar-refractivity contribution in [3.8, 4) is 0 Å². The van der Waals surface area contributed by atoms with E-state index in [1.54, 1.807) is 0 Å². The Balaban J connectivity index is 1.96. The molecule has 0 heterocycles. The highest BCUT2D eigenvalue weighted by atomic mass is 32.2. The number of benzene rings is 1. The summed E-state index contributed by atoms with van der Waals surface area (Å²) in [6.07, 6.45) is 0.966. The number of rotatable bonds is 4. The van der Waals surface area contributed by atoms with Crippen LogP contribution in [0.15, 0.2) is 24.3 Å². The standard InChI is InChI=1S/C14H18F3NS/c1-13(2)9-10-5-3-4-6-11(10)12(13)18-7-8-19-14(15,16)17/h3-6,12,18H,7-9H2,1-2H3. The molecule has 19 heavy (non-hydrogen) atoms. The Morgan fingerprint density at radius 1 is 1.32 bits per heavy atom. The molecule has 0 fully saturated rings. The molecule has 1 nitrogen and oxygen atoms in total. The average Bonchev–Trinajstić information content (AvgIpc) is 2.53. The molecular formula is C14H18F3NS. The van der Waals surface area contributed by atoms with Crippen LogP contribution in [-0.4, -0.2) is 17.8 Å². The zero-order valence-electron chi connectivity index (χ0n) is 11.1. The second-order valence-corrected chi connectivity index (χ2v) is 6.71. The van der Waals surface area contributed by atoms with E-state index >= 15 is 0 Å². The van der Waals surface area contributed by atoms with Gasteiger partial charge in [0.2, 0.25) is 0 Å². The molecule has 0 saturated heterocycles. The van der Waals surface area contributed by atoms with Gasteiger partial charge < -0.3 is 5.32 Å². The maximum Gasteiger partial charge on any atom is 0.441 e. The number of nitrogens with one attached hydrogen (secondary N) is 1. The van der Waals surface area contributed by atoms with Crippen molar-refractivity contribution in [1.29, 1.82) is 0 Å². The minimum atomic E-state index is -4.13. The average molecular weight is 289 g/mol. The van der Waals surface area contributed by atoms with Crippen LogP contribution in [0, 0.1) is 5.41 Å². The summed E-state index contributed by atoms with van der Waals surface area (Å²) in [7, 11) is 0. The maximum atomic E-state index is 12.1. The lowest BCUT2D eigenvalue weighted by Crippen LogP contribution is -2.32. The highest BCUT2D eigenvalue weighted by molar-refractivity contribution is 8.00. The fourth-order valence-electron chi connectivity index (χ4n) is 2.75. The third-order valence-electron chi connectivity index (χ3n) is 3.51. The van der Waals surface area contributed by atoms with Crippen molar-refractivity contribution in [2.24, 2.45) is 5.41 Å². The number of hydrogen-bond donors (Lipinski definition) is 1. The number of halogens is 3. The third-order valence-corrected chi connectivity index (χ3v) is 4.25. The van der Waals surface area contributed by atoms with E-state index in [4.69, 9.17) is 0 Å². The van der Waals surface area contributed by atoms with Crippen LogP contribution < -0.4 is 5.32 Å². The van der Waals surface area contributed by atoms with Crippen molar-refractivity contribution in [3.05, 3.63) is 35.4 Å². The summed E-state index contributed by atoms with van der Waals surface area (Å²) in [6, 6.07) is 8.30. The minimum Gasteiger partial charge on any atom is -0.309 e. The summed E-state index contributed by atoms with van der Waals surface area (Å²) < 4.78 is 36.2. The lowest BCUT2D eigenvalue weighted by molar-refractivity contribution is -0.0327. The Morgan fingerprint density at radius 3 is 2.68 bits per heavy atom. The molecule has 0 aliphatic heterocycles. The van der Waals surface area contributed by atoms with Gasteiger partial charge in [-0.05, 0) is 34.7 Å².